The van der Waals surface area contributed by atoms with E-state index in [1.54, 1.807) is 29.4 Å². The van der Waals surface area contributed by atoms with Crippen LogP contribution in [0.5, 0.6) is 0 Å². The molecular weight excluding hydrogens is 308 g/mol. The topological polar surface area (TPSA) is 101 Å². The van der Waals surface area contributed by atoms with Crippen LogP contribution >= 0.6 is 0 Å². The van der Waals surface area contributed by atoms with E-state index < -0.39 is 0 Å². The third kappa shape index (κ3) is 3.79. The molecule has 24 heavy (non-hydrogen) atoms. The zero-order valence-electron chi connectivity index (χ0n) is 13.9. The number of hydrogen-bond acceptors (Lipinski definition) is 6. The average Bonchev–Trinajstić information content (AvgIpc) is 3.02. The summed E-state index contributed by atoms with van der Waals surface area (Å²) in [4.78, 5) is 22.9. The molecule has 2 amide bonds. The van der Waals surface area contributed by atoms with E-state index in [4.69, 9.17) is 0 Å². The van der Waals surface area contributed by atoms with E-state index in [1.807, 2.05) is 14.0 Å². The van der Waals surface area contributed by atoms with Crippen LogP contribution < -0.4 is 15.5 Å². The van der Waals surface area contributed by atoms with Crippen molar-refractivity contribution in [2.24, 2.45) is 7.05 Å². The number of piperidine rings is 1. The number of amides is 2. The van der Waals surface area contributed by atoms with Gasteiger partial charge < -0.3 is 20.1 Å². The number of aryl methyl sites for hydroxylation is 1. The Morgan fingerprint density at radius 3 is 2.88 bits per heavy atom. The normalized spacial score (nSPS) is 18.9. The van der Waals surface area contributed by atoms with E-state index in [1.165, 1.54) is 0 Å². The van der Waals surface area contributed by atoms with Crippen molar-refractivity contribution in [1.82, 2.24) is 35.4 Å². The van der Waals surface area contributed by atoms with Gasteiger partial charge in [-0.25, -0.2) is 14.8 Å². The van der Waals surface area contributed by atoms with Crippen LogP contribution in [0.25, 0.3) is 0 Å². The molecule has 2 aromatic heterocycles. The van der Waals surface area contributed by atoms with Gasteiger partial charge in [0.05, 0.1) is 6.04 Å². The van der Waals surface area contributed by atoms with E-state index in [0.29, 0.717) is 18.3 Å². The van der Waals surface area contributed by atoms with Crippen LogP contribution in [0.3, 0.4) is 0 Å². The largest absolute Gasteiger partial charge is 0.339 e. The molecule has 128 valence electrons. The highest BCUT2D eigenvalue weighted by atomic mass is 16.2. The van der Waals surface area contributed by atoms with Crippen LogP contribution in [0.15, 0.2) is 24.8 Å². The molecule has 0 aliphatic carbocycles. The second-order valence-electron chi connectivity index (χ2n) is 5.97. The minimum Gasteiger partial charge on any atom is -0.339 e. The number of carbonyl (C=O) groups is 1. The monoisotopic (exact) mass is 330 g/mol. The fourth-order valence-electron chi connectivity index (χ4n) is 2.90. The summed E-state index contributed by atoms with van der Waals surface area (Å²) in [6.45, 7) is 3.49. The van der Waals surface area contributed by atoms with E-state index >= 15 is 0 Å². The van der Waals surface area contributed by atoms with E-state index in [2.05, 4.69) is 35.7 Å². The van der Waals surface area contributed by atoms with Gasteiger partial charge in [0.1, 0.15) is 6.33 Å². The van der Waals surface area contributed by atoms with Crippen molar-refractivity contribution in [2.45, 2.75) is 31.8 Å². The Morgan fingerprint density at radius 1 is 1.38 bits per heavy atom. The summed E-state index contributed by atoms with van der Waals surface area (Å²) in [5, 5.41) is 13.8. The molecular formula is C15H22N8O. The number of hydrogen-bond donors (Lipinski definition) is 2. The molecule has 0 spiro atoms. The number of aromatic nitrogens is 5. The summed E-state index contributed by atoms with van der Waals surface area (Å²) >= 11 is 0. The Labute approximate surface area is 140 Å². The minimum atomic E-state index is -0.213. The quantitative estimate of drug-likeness (QED) is 0.853. The highest BCUT2D eigenvalue weighted by Crippen LogP contribution is 2.15. The summed E-state index contributed by atoms with van der Waals surface area (Å²) in [6.07, 6.45) is 7.00. The molecule has 0 bridgehead atoms. The van der Waals surface area contributed by atoms with Crippen LogP contribution in [0, 0.1) is 0 Å². The van der Waals surface area contributed by atoms with Gasteiger partial charge in [-0.1, -0.05) is 0 Å². The summed E-state index contributed by atoms with van der Waals surface area (Å²) < 4.78 is 1.79. The van der Waals surface area contributed by atoms with Crippen LogP contribution in [0.4, 0.5) is 10.7 Å². The second kappa shape index (κ2) is 7.24. The molecule has 9 heteroatoms. The van der Waals surface area contributed by atoms with Gasteiger partial charge in [-0.3, -0.25) is 0 Å². The van der Waals surface area contributed by atoms with Crippen molar-refractivity contribution >= 4 is 12.0 Å². The first-order valence-electron chi connectivity index (χ1n) is 8.06. The maximum absolute atomic E-state index is 12.2. The predicted octanol–water partition coefficient (Wildman–Crippen LogP) is 0.634. The molecule has 0 radical (unpaired) electrons. The molecule has 0 saturated carbocycles. The standard InChI is InChI=1S/C15H22N8O/c1-11(13-21-18-10-22(13)2)19-15(24)20-12-5-3-8-23(9-12)14-16-6-4-7-17-14/h4,6-7,10-12H,3,5,8-9H2,1-2H3,(H2,19,20,24). The average molecular weight is 330 g/mol. The highest BCUT2D eigenvalue weighted by Gasteiger charge is 2.24. The Morgan fingerprint density at radius 2 is 2.17 bits per heavy atom. The first-order chi connectivity index (χ1) is 11.6. The van der Waals surface area contributed by atoms with Crippen molar-refractivity contribution in [2.75, 3.05) is 18.0 Å². The number of rotatable bonds is 4. The fourth-order valence-corrected chi connectivity index (χ4v) is 2.90. The third-order valence-electron chi connectivity index (χ3n) is 4.07. The second-order valence-corrected chi connectivity index (χ2v) is 5.97. The van der Waals surface area contributed by atoms with Crippen LogP contribution in [0.1, 0.15) is 31.6 Å². The Hall–Kier alpha value is -2.71. The molecule has 1 aliphatic rings. The number of carbonyl (C=O) groups excluding carboxylic acids is 1. The molecule has 0 aromatic carbocycles. The van der Waals surface area contributed by atoms with Gasteiger partial charge in [-0.2, -0.15) is 0 Å². The van der Waals surface area contributed by atoms with Gasteiger partial charge >= 0.3 is 6.03 Å². The lowest BCUT2D eigenvalue weighted by Crippen LogP contribution is -2.51. The van der Waals surface area contributed by atoms with Gasteiger partial charge in [0.15, 0.2) is 5.82 Å². The van der Waals surface area contributed by atoms with Crippen LogP contribution in [-0.4, -0.2) is 49.9 Å². The molecule has 2 aromatic rings. The smallest absolute Gasteiger partial charge is 0.315 e. The lowest BCUT2D eigenvalue weighted by atomic mass is 10.1. The molecule has 9 nitrogen and oxygen atoms in total. The molecule has 2 N–H and O–H groups in total. The van der Waals surface area contributed by atoms with Gasteiger partial charge in [0.2, 0.25) is 5.95 Å². The Balaban J connectivity index is 1.53. The van der Waals surface area contributed by atoms with Crippen molar-refractivity contribution in [3.8, 4) is 0 Å². The fraction of sp³-hybridized carbons (Fsp3) is 0.533. The third-order valence-corrected chi connectivity index (χ3v) is 4.07. The molecule has 1 aliphatic heterocycles. The van der Waals surface area contributed by atoms with Crippen molar-refractivity contribution in [3.63, 3.8) is 0 Å². The molecule has 2 unspecified atom stereocenters. The SMILES string of the molecule is CC(NC(=O)NC1CCCN(c2ncccn2)C1)c1nncn1C. The van der Waals surface area contributed by atoms with Crippen molar-refractivity contribution < 1.29 is 4.79 Å². The predicted molar refractivity (Wildman–Crippen MR) is 88.4 cm³/mol. The number of nitrogens with one attached hydrogen (secondary N) is 2. The van der Waals surface area contributed by atoms with Crippen LogP contribution in [0.2, 0.25) is 0 Å². The van der Waals surface area contributed by atoms with Gasteiger partial charge in [-0.15, -0.1) is 10.2 Å². The van der Waals surface area contributed by atoms with Crippen molar-refractivity contribution in [3.05, 3.63) is 30.6 Å². The summed E-state index contributed by atoms with van der Waals surface area (Å²) in [5.74, 6) is 1.42. The van der Waals surface area contributed by atoms with Gasteiger partial charge in [-0.05, 0) is 25.8 Å². The van der Waals surface area contributed by atoms with E-state index in [-0.39, 0.29) is 18.1 Å². The number of urea groups is 1. The molecule has 3 heterocycles. The lowest BCUT2D eigenvalue weighted by molar-refractivity contribution is 0.231. The molecule has 3 rings (SSSR count). The van der Waals surface area contributed by atoms with E-state index in [0.717, 1.165) is 19.4 Å². The Bertz CT molecular complexity index is 673. The summed E-state index contributed by atoms with van der Waals surface area (Å²) in [5.41, 5.74) is 0. The summed E-state index contributed by atoms with van der Waals surface area (Å²) in [6, 6.07) is 1.44. The maximum atomic E-state index is 12.2. The first-order valence-corrected chi connectivity index (χ1v) is 8.06. The number of anilines is 1. The zero-order valence-corrected chi connectivity index (χ0v) is 13.9. The van der Waals surface area contributed by atoms with Gasteiger partial charge in [0.25, 0.3) is 0 Å². The van der Waals surface area contributed by atoms with Gasteiger partial charge in [0, 0.05) is 38.6 Å². The molecule has 2 atom stereocenters. The molecule has 1 saturated heterocycles. The van der Waals surface area contributed by atoms with Crippen LogP contribution in [-0.2, 0) is 7.05 Å². The Kier molecular flexibility index (Phi) is 4.88. The lowest BCUT2D eigenvalue weighted by Gasteiger charge is -2.33. The van der Waals surface area contributed by atoms with Crippen molar-refractivity contribution in [1.29, 1.82) is 0 Å². The number of nitrogens with zero attached hydrogens (tertiary/aromatic N) is 6. The zero-order chi connectivity index (χ0) is 16.9. The first kappa shape index (κ1) is 16.2. The highest BCUT2D eigenvalue weighted by molar-refractivity contribution is 5.74. The minimum absolute atomic E-state index is 0.0641. The molecule has 1 fully saturated rings. The maximum Gasteiger partial charge on any atom is 0.315 e. The van der Waals surface area contributed by atoms with E-state index in [9.17, 15) is 4.79 Å². The summed E-state index contributed by atoms with van der Waals surface area (Å²) in [7, 11) is 1.85.